The molecule has 6 nitrogen and oxygen atoms in total. The molecule has 0 saturated heterocycles. The van der Waals surface area contributed by atoms with Gasteiger partial charge in [0, 0.05) is 22.0 Å². The first kappa shape index (κ1) is 17.2. The smallest absolute Gasteiger partial charge is 0.265 e. The normalized spacial score (nSPS) is 10.6. The van der Waals surface area contributed by atoms with E-state index < -0.39 is 5.91 Å². The number of H-pyrrole nitrogens is 1. The van der Waals surface area contributed by atoms with E-state index in [1.807, 2.05) is 0 Å². The molecular formula is C16H13FN4O2S2. The first-order chi connectivity index (χ1) is 12.0. The number of aromatic nitrogens is 2. The summed E-state index contributed by atoms with van der Waals surface area (Å²) in [7, 11) is 0. The highest BCUT2D eigenvalue weighted by Gasteiger charge is 2.12. The number of carbonyl (C=O) groups excluding carboxylic acids is 2. The van der Waals surface area contributed by atoms with Gasteiger partial charge < -0.3 is 16.0 Å². The highest BCUT2D eigenvalue weighted by Crippen LogP contribution is 2.26. The maximum absolute atomic E-state index is 13.5. The van der Waals surface area contributed by atoms with Crippen molar-refractivity contribution in [3.63, 3.8) is 0 Å². The zero-order chi connectivity index (χ0) is 17.8. The fourth-order valence-electron chi connectivity index (χ4n) is 2.01. The molecule has 0 atom stereocenters. The van der Waals surface area contributed by atoms with Gasteiger partial charge in [-0.1, -0.05) is 12.1 Å². The summed E-state index contributed by atoms with van der Waals surface area (Å²) in [5.74, 6) is -1.11. The molecule has 3 rings (SSSR count). The van der Waals surface area contributed by atoms with Crippen LogP contribution in [0.1, 0.15) is 10.5 Å². The predicted octanol–water partition coefficient (Wildman–Crippen LogP) is 3.11. The van der Waals surface area contributed by atoms with E-state index >= 15 is 0 Å². The Morgan fingerprint density at radius 2 is 2.16 bits per heavy atom. The minimum Gasteiger partial charge on any atom is -0.364 e. The quantitative estimate of drug-likeness (QED) is 0.575. The zero-order valence-electron chi connectivity index (χ0n) is 12.8. The summed E-state index contributed by atoms with van der Waals surface area (Å²) in [5.41, 5.74) is 6.80. The number of thiazole rings is 1. The van der Waals surface area contributed by atoms with Crippen LogP contribution in [0.4, 0.5) is 9.52 Å². The van der Waals surface area contributed by atoms with Crippen molar-refractivity contribution in [3.8, 4) is 11.3 Å². The van der Waals surface area contributed by atoms with Gasteiger partial charge in [0.05, 0.1) is 11.4 Å². The lowest BCUT2D eigenvalue weighted by Gasteiger charge is -2.03. The lowest BCUT2D eigenvalue weighted by atomic mass is 10.2. The summed E-state index contributed by atoms with van der Waals surface area (Å²) < 4.78 is 13.5. The fourth-order valence-corrected chi connectivity index (χ4v) is 3.48. The van der Waals surface area contributed by atoms with Gasteiger partial charge in [0.25, 0.3) is 5.91 Å². The molecule has 3 aromatic rings. The number of nitrogens with one attached hydrogen (secondary N) is 2. The molecule has 0 fully saturated rings. The molecule has 2 heterocycles. The summed E-state index contributed by atoms with van der Waals surface area (Å²) in [6.45, 7) is 0. The Hall–Kier alpha value is -2.65. The Balaban J connectivity index is 1.60. The van der Waals surface area contributed by atoms with Gasteiger partial charge in [-0.05, 0) is 18.2 Å². The standard InChI is InChI=1S/C16H13FN4O2S2/c17-10-3-1-2-4-13(10)24-8-14(22)21-16-20-12(7-25-16)9-5-11(15(18)23)19-6-9/h1-7,19H,8H2,(H2,18,23)(H,20,21,22). The molecule has 0 radical (unpaired) electrons. The minimum absolute atomic E-state index is 0.0752. The van der Waals surface area contributed by atoms with Crippen molar-refractivity contribution in [3.05, 3.63) is 53.4 Å². The lowest BCUT2D eigenvalue weighted by molar-refractivity contribution is -0.113. The fraction of sp³-hybridized carbons (Fsp3) is 0.0625. The maximum Gasteiger partial charge on any atom is 0.265 e. The summed E-state index contributed by atoms with van der Waals surface area (Å²) in [6.07, 6.45) is 1.62. The number of hydrogen-bond acceptors (Lipinski definition) is 5. The van der Waals surface area contributed by atoms with E-state index in [0.717, 1.165) is 11.8 Å². The third-order valence-corrected chi connectivity index (χ3v) is 5.00. The number of carbonyl (C=O) groups is 2. The van der Waals surface area contributed by atoms with Crippen LogP contribution in [0.5, 0.6) is 0 Å². The van der Waals surface area contributed by atoms with E-state index in [4.69, 9.17) is 5.73 Å². The van der Waals surface area contributed by atoms with Crippen molar-refractivity contribution in [2.45, 2.75) is 4.90 Å². The van der Waals surface area contributed by atoms with Crippen LogP contribution < -0.4 is 11.1 Å². The zero-order valence-corrected chi connectivity index (χ0v) is 14.4. The molecule has 0 saturated carbocycles. The van der Waals surface area contributed by atoms with Crippen molar-refractivity contribution >= 4 is 40.0 Å². The van der Waals surface area contributed by atoms with E-state index in [1.54, 1.807) is 35.8 Å². The molecule has 0 aliphatic heterocycles. The summed E-state index contributed by atoms with van der Waals surface area (Å²) in [4.78, 5) is 30.6. The summed E-state index contributed by atoms with van der Waals surface area (Å²) >= 11 is 2.38. The summed E-state index contributed by atoms with van der Waals surface area (Å²) in [5, 5.41) is 4.86. The molecule has 0 spiro atoms. The number of aromatic amines is 1. The molecule has 1 aromatic carbocycles. The second kappa shape index (κ2) is 7.49. The van der Waals surface area contributed by atoms with Gasteiger partial charge in [-0.3, -0.25) is 9.59 Å². The van der Waals surface area contributed by atoms with Crippen LogP contribution in [0.25, 0.3) is 11.3 Å². The number of nitrogens with zero attached hydrogens (tertiary/aromatic N) is 1. The molecule has 4 N–H and O–H groups in total. The molecule has 2 aromatic heterocycles. The monoisotopic (exact) mass is 376 g/mol. The maximum atomic E-state index is 13.5. The number of halogens is 1. The van der Waals surface area contributed by atoms with Crippen LogP contribution in [0.15, 0.2) is 46.8 Å². The van der Waals surface area contributed by atoms with Crippen molar-refractivity contribution in [1.82, 2.24) is 9.97 Å². The van der Waals surface area contributed by atoms with Crippen LogP contribution >= 0.6 is 23.1 Å². The van der Waals surface area contributed by atoms with Crippen molar-refractivity contribution in [1.29, 1.82) is 0 Å². The lowest BCUT2D eigenvalue weighted by Crippen LogP contribution is -2.13. The Morgan fingerprint density at radius 3 is 2.88 bits per heavy atom. The SMILES string of the molecule is NC(=O)c1cc(-c2csc(NC(=O)CSc3ccccc3F)n2)c[nH]1. The molecule has 0 unspecified atom stereocenters. The van der Waals surface area contributed by atoms with Gasteiger partial charge in [0.1, 0.15) is 11.5 Å². The van der Waals surface area contributed by atoms with E-state index in [-0.39, 0.29) is 23.2 Å². The van der Waals surface area contributed by atoms with Gasteiger partial charge >= 0.3 is 0 Å². The first-order valence-electron chi connectivity index (χ1n) is 7.14. The average Bonchev–Trinajstić information content (AvgIpc) is 3.23. The van der Waals surface area contributed by atoms with Crippen molar-refractivity contribution in [2.75, 3.05) is 11.1 Å². The minimum atomic E-state index is -0.555. The molecule has 0 aliphatic carbocycles. The van der Waals surface area contributed by atoms with Crippen molar-refractivity contribution in [2.24, 2.45) is 5.73 Å². The van der Waals surface area contributed by atoms with Crippen LogP contribution in [0.3, 0.4) is 0 Å². The predicted molar refractivity (Wildman–Crippen MR) is 96.2 cm³/mol. The Kier molecular flexibility index (Phi) is 5.15. The molecule has 9 heteroatoms. The average molecular weight is 376 g/mol. The molecule has 0 aliphatic rings. The van der Waals surface area contributed by atoms with Gasteiger partial charge in [0.2, 0.25) is 5.91 Å². The van der Waals surface area contributed by atoms with Gasteiger partial charge in [-0.15, -0.1) is 23.1 Å². The number of rotatable bonds is 6. The second-order valence-corrected chi connectivity index (χ2v) is 6.85. The molecule has 2 amide bonds. The van der Waals surface area contributed by atoms with Crippen molar-refractivity contribution < 1.29 is 14.0 Å². The van der Waals surface area contributed by atoms with Crippen LogP contribution in [0.2, 0.25) is 0 Å². The van der Waals surface area contributed by atoms with Crippen LogP contribution in [0, 0.1) is 5.82 Å². The van der Waals surface area contributed by atoms with Crippen LogP contribution in [-0.2, 0) is 4.79 Å². The highest BCUT2D eigenvalue weighted by atomic mass is 32.2. The van der Waals surface area contributed by atoms with E-state index in [0.29, 0.717) is 21.3 Å². The Labute approximate surface area is 150 Å². The second-order valence-electron chi connectivity index (χ2n) is 4.97. The topological polar surface area (TPSA) is 101 Å². The third kappa shape index (κ3) is 4.25. The number of benzene rings is 1. The van der Waals surface area contributed by atoms with E-state index in [1.165, 1.54) is 17.4 Å². The number of primary amides is 1. The third-order valence-electron chi connectivity index (χ3n) is 3.19. The molecule has 128 valence electrons. The Morgan fingerprint density at radius 1 is 1.36 bits per heavy atom. The van der Waals surface area contributed by atoms with Gasteiger partial charge in [0.15, 0.2) is 5.13 Å². The van der Waals surface area contributed by atoms with Gasteiger partial charge in [-0.25, -0.2) is 9.37 Å². The van der Waals surface area contributed by atoms with E-state index in [2.05, 4.69) is 15.3 Å². The first-order valence-corrected chi connectivity index (χ1v) is 9.01. The number of hydrogen-bond donors (Lipinski definition) is 3. The molecule has 0 bridgehead atoms. The largest absolute Gasteiger partial charge is 0.364 e. The van der Waals surface area contributed by atoms with Gasteiger partial charge in [-0.2, -0.15) is 0 Å². The Bertz CT molecular complexity index is 922. The summed E-state index contributed by atoms with van der Waals surface area (Å²) in [6, 6.07) is 7.88. The number of anilines is 1. The number of nitrogens with two attached hydrogens (primary N) is 1. The molecule has 25 heavy (non-hydrogen) atoms. The number of amides is 2. The van der Waals surface area contributed by atoms with E-state index in [9.17, 15) is 14.0 Å². The number of thioether (sulfide) groups is 1. The molecular weight excluding hydrogens is 363 g/mol. The van der Waals surface area contributed by atoms with Crippen LogP contribution in [-0.4, -0.2) is 27.5 Å². The highest BCUT2D eigenvalue weighted by molar-refractivity contribution is 8.00.